The molecule has 0 aliphatic heterocycles. The Morgan fingerprint density at radius 3 is 2.53 bits per heavy atom. The molecule has 0 saturated heterocycles. The molecule has 0 fully saturated rings. The van der Waals surface area contributed by atoms with Gasteiger partial charge < -0.3 is 0 Å². The molecule has 0 N–H and O–H groups in total. The van der Waals surface area contributed by atoms with Crippen LogP contribution in [0.1, 0.15) is 5.56 Å². The van der Waals surface area contributed by atoms with E-state index in [4.69, 9.17) is 11.6 Å². The fourth-order valence-electron chi connectivity index (χ4n) is 2.43. The summed E-state index contributed by atoms with van der Waals surface area (Å²) >= 11 is 5.82. The van der Waals surface area contributed by atoms with Gasteiger partial charge in [-0.25, -0.2) is 4.39 Å². The third kappa shape index (κ3) is 2.11. The van der Waals surface area contributed by atoms with Gasteiger partial charge in [0.2, 0.25) is 0 Å². The summed E-state index contributed by atoms with van der Waals surface area (Å²) in [5, 5.41) is 2.58. The Bertz CT molecular complexity index is 762. The van der Waals surface area contributed by atoms with Gasteiger partial charge in [-0.15, -0.1) is 0 Å². The molecule has 0 unspecified atom stereocenters. The average Bonchev–Trinajstić information content (AvgIpc) is 2.40. The van der Waals surface area contributed by atoms with Crippen molar-refractivity contribution in [3.63, 3.8) is 0 Å². The molecule has 0 saturated carbocycles. The molecule has 3 aromatic rings. The van der Waals surface area contributed by atoms with Crippen LogP contribution in [-0.4, -0.2) is 0 Å². The lowest BCUT2D eigenvalue weighted by Crippen LogP contribution is -1.90. The van der Waals surface area contributed by atoms with Crippen molar-refractivity contribution in [3.05, 3.63) is 71.0 Å². The predicted molar refractivity (Wildman–Crippen MR) is 79.1 cm³/mol. The molecule has 0 aliphatic carbocycles. The van der Waals surface area contributed by atoms with Crippen LogP contribution in [0.2, 0.25) is 5.02 Å². The van der Waals surface area contributed by atoms with Gasteiger partial charge in [0.05, 0.1) is 0 Å². The summed E-state index contributed by atoms with van der Waals surface area (Å²) in [5.74, 6) is -0.285. The number of aryl methyl sites for hydroxylation is 1. The number of halogens is 2. The van der Waals surface area contributed by atoms with Crippen molar-refractivity contribution in [1.29, 1.82) is 0 Å². The van der Waals surface area contributed by atoms with Gasteiger partial charge in [0.1, 0.15) is 5.82 Å². The van der Waals surface area contributed by atoms with E-state index in [0.29, 0.717) is 10.6 Å². The van der Waals surface area contributed by atoms with Gasteiger partial charge >= 0.3 is 0 Å². The van der Waals surface area contributed by atoms with Crippen LogP contribution in [-0.2, 0) is 0 Å². The smallest absolute Gasteiger partial charge is 0.132 e. The maximum Gasteiger partial charge on any atom is 0.132 e. The second-order valence-corrected chi connectivity index (χ2v) is 5.04. The summed E-state index contributed by atoms with van der Waals surface area (Å²) in [6, 6.07) is 16.9. The van der Waals surface area contributed by atoms with Crippen molar-refractivity contribution in [2.75, 3.05) is 0 Å². The summed E-state index contributed by atoms with van der Waals surface area (Å²) in [5.41, 5.74) is 2.59. The van der Waals surface area contributed by atoms with E-state index >= 15 is 0 Å². The van der Waals surface area contributed by atoms with Gasteiger partial charge in [0, 0.05) is 10.6 Å². The van der Waals surface area contributed by atoms with Crippen LogP contribution in [0.25, 0.3) is 21.9 Å². The van der Waals surface area contributed by atoms with E-state index in [0.717, 1.165) is 21.9 Å². The highest BCUT2D eigenvalue weighted by Gasteiger charge is 2.11. The van der Waals surface area contributed by atoms with E-state index in [1.54, 1.807) is 12.1 Å². The highest BCUT2D eigenvalue weighted by Crippen LogP contribution is 2.34. The fraction of sp³-hybridized carbons (Fsp3) is 0.0588. The minimum atomic E-state index is -0.285. The Kier molecular flexibility index (Phi) is 3.00. The minimum Gasteiger partial charge on any atom is -0.206 e. The van der Waals surface area contributed by atoms with Crippen molar-refractivity contribution in [2.45, 2.75) is 6.92 Å². The molecule has 0 nitrogen and oxygen atoms in total. The highest BCUT2D eigenvalue weighted by atomic mass is 35.5. The number of fused-ring (bicyclic) bond motifs is 1. The van der Waals surface area contributed by atoms with E-state index in [1.165, 1.54) is 6.07 Å². The molecule has 94 valence electrons. The van der Waals surface area contributed by atoms with E-state index in [1.807, 2.05) is 37.3 Å². The molecule has 3 rings (SSSR count). The van der Waals surface area contributed by atoms with Crippen LogP contribution in [0.3, 0.4) is 0 Å². The van der Waals surface area contributed by atoms with Crippen LogP contribution >= 0.6 is 11.6 Å². The largest absolute Gasteiger partial charge is 0.206 e. The lowest BCUT2D eigenvalue weighted by molar-refractivity contribution is 0.631. The van der Waals surface area contributed by atoms with Crippen LogP contribution in [0, 0.1) is 12.7 Å². The summed E-state index contributed by atoms with van der Waals surface area (Å²) in [6.45, 7) is 2.00. The van der Waals surface area contributed by atoms with Gasteiger partial charge in [-0.3, -0.25) is 0 Å². The first kappa shape index (κ1) is 12.2. The highest BCUT2D eigenvalue weighted by molar-refractivity contribution is 6.30. The molecule has 19 heavy (non-hydrogen) atoms. The van der Waals surface area contributed by atoms with Gasteiger partial charge in [-0.05, 0) is 47.0 Å². The Morgan fingerprint density at radius 2 is 1.74 bits per heavy atom. The summed E-state index contributed by atoms with van der Waals surface area (Å²) in [7, 11) is 0. The minimum absolute atomic E-state index is 0.285. The predicted octanol–water partition coefficient (Wildman–Crippen LogP) is 5.61. The van der Waals surface area contributed by atoms with Crippen LogP contribution in [0.15, 0.2) is 54.6 Å². The average molecular weight is 271 g/mol. The zero-order chi connectivity index (χ0) is 13.4. The molecular formula is C17H12ClF. The third-order valence-corrected chi connectivity index (χ3v) is 3.57. The first-order valence-corrected chi connectivity index (χ1v) is 6.48. The summed E-state index contributed by atoms with van der Waals surface area (Å²) in [6.07, 6.45) is 0. The lowest BCUT2D eigenvalue weighted by Gasteiger charge is -2.11. The molecule has 0 aliphatic rings. The quantitative estimate of drug-likeness (QED) is 0.539. The van der Waals surface area contributed by atoms with Crippen molar-refractivity contribution >= 4 is 22.4 Å². The van der Waals surface area contributed by atoms with Crippen molar-refractivity contribution in [2.24, 2.45) is 0 Å². The molecule has 0 heterocycles. The van der Waals surface area contributed by atoms with Crippen LogP contribution in [0.4, 0.5) is 4.39 Å². The number of benzene rings is 3. The van der Waals surface area contributed by atoms with Crippen LogP contribution in [0.5, 0.6) is 0 Å². The maximum atomic E-state index is 14.2. The Labute approximate surface area is 116 Å². The summed E-state index contributed by atoms with van der Waals surface area (Å²) < 4.78 is 14.2. The zero-order valence-corrected chi connectivity index (χ0v) is 11.2. The van der Waals surface area contributed by atoms with Crippen molar-refractivity contribution in [3.8, 4) is 11.1 Å². The van der Waals surface area contributed by atoms with Crippen molar-refractivity contribution in [1.82, 2.24) is 0 Å². The molecule has 2 heteroatoms. The molecule has 0 radical (unpaired) electrons. The molecule has 0 bridgehead atoms. The van der Waals surface area contributed by atoms with Gasteiger partial charge in [-0.1, -0.05) is 48.0 Å². The molecule has 0 aromatic heterocycles. The standard InChI is InChI=1S/C17H12ClF/c1-11-6-7-12-4-2-3-5-14(12)17(11)15-9-8-13(18)10-16(15)19/h2-10H,1H3. The molecule has 0 spiro atoms. The topological polar surface area (TPSA) is 0 Å². The number of hydrogen-bond acceptors (Lipinski definition) is 0. The van der Waals surface area contributed by atoms with E-state index in [9.17, 15) is 4.39 Å². The second kappa shape index (κ2) is 4.67. The summed E-state index contributed by atoms with van der Waals surface area (Å²) in [4.78, 5) is 0. The van der Waals surface area contributed by atoms with E-state index in [2.05, 4.69) is 6.07 Å². The van der Waals surface area contributed by atoms with Crippen LogP contribution < -0.4 is 0 Å². The van der Waals surface area contributed by atoms with E-state index < -0.39 is 0 Å². The first-order valence-electron chi connectivity index (χ1n) is 6.10. The molecule has 3 aromatic carbocycles. The second-order valence-electron chi connectivity index (χ2n) is 4.60. The van der Waals surface area contributed by atoms with Gasteiger partial charge in [-0.2, -0.15) is 0 Å². The molecular weight excluding hydrogens is 259 g/mol. The SMILES string of the molecule is Cc1ccc2ccccc2c1-c1ccc(Cl)cc1F. The van der Waals surface area contributed by atoms with Crippen molar-refractivity contribution < 1.29 is 4.39 Å². The Balaban J connectivity index is 2.38. The molecule has 0 atom stereocenters. The first-order chi connectivity index (χ1) is 9.16. The normalized spacial score (nSPS) is 10.9. The van der Waals surface area contributed by atoms with E-state index in [-0.39, 0.29) is 5.82 Å². The van der Waals surface area contributed by atoms with Gasteiger partial charge in [0.25, 0.3) is 0 Å². The third-order valence-electron chi connectivity index (χ3n) is 3.34. The number of rotatable bonds is 1. The monoisotopic (exact) mass is 270 g/mol. The Morgan fingerprint density at radius 1 is 0.947 bits per heavy atom. The van der Waals surface area contributed by atoms with Gasteiger partial charge in [0.15, 0.2) is 0 Å². The number of hydrogen-bond donors (Lipinski definition) is 0. The molecule has 0 amide bonds. The fourth-order valence-corrected chi connectivity index (χ4v) is 2.59. The maximum absolute atomic E-state index is 14.2. The Hall–Kier alpha value is -1.86. The lowest BCUT2D eigenvalue weighted by atomic mass is 9.94. The zero-order valence-electron chi connectivity index (χ0n) is 10.5.